The van der Waals surface area contributed by atoms with Gasteiger partial charge in [-0.3, -0.25) is 0 Å². The second kappa shape index (κ2) is 11.0. The summed E-state index contributed by atoms with van der Waals surface area (Å²) in [6, 6.07) is 21.4. The minimum atomic E-state index is -0.150. The number of hydrogen-bond donors (Lipinski definition) is 4. The molecule has 36 heavy (non-hydrogen) atoms. The van der Waals surface area contributed by atoms with Gasteiger partial charge in [-0.1, -0.05) is 24.3 Å². The van der Waals surface area contributed by atoms with Crippen LogP contribution in [-0.2, 0) is 25.7 Å². The molecule has 4 aromatic rings. The fourth-order valence-corrected chi connectivity index (χ4v) is 4.22. The van der Waals surface area contributed by atoms with E-state index in [0.717, 1.165) is 22.6 Å². The first-order valence-corrected chi connectivity index (χ1v) is 11.7. The van der Waals surface area contributed by atoms with Gasteiger partial charge in [0.05, 0.1) is 14.2 Å². The second-order valence-electron chi connectivity index (χ2n) is 8.69. The van der Waals surface area contributed by atoms with E-state index < -0.39 is 0 Å². The lowest BCUT2D eigenvalue weighted by molar-refractivity contribution is 0.414. The Morgan fingerprint density at radius 1 is 0.472 bits per heavy atom. The van der Waals surface area contributed by atoms with Crippen LogP contribution in [0.2, 0.25) is 0 Å². The molecule has 0 aromatic heterocycles. The SMILES string of the molecule is COc1ccc(CCc2cc(-c3cc(CCc4ccc(OC)cc4)c(O)cc3O)c(O)cc2O)cc1. The van der Waals surface area contributed by atoms with Gasteiger partial charge in [0.15, 0.2) is 0 Å². The second-order valence-corrected chi connectivity index (χ2v) is 8.69. The average molecular weight is 487 g/mol. The molecule has 0 amide bonds. The van der Waals surface area contributed by atoms with Crippen molar-refractivity contribution in [1.29, 1.82) is 0 Å². The Morgan fingerprint density at radius 2 is 0.833 bits per heavy atom. The van der Waals surface area contributed by atoms with Crippen LogP contribution in [0.3, 0.4) is 0 Å². The molecule has 0 fully saturated rings. The van der Waals surface area contributed by atoms with E-state index in [-0.39, 0.29) is 23.0 Å². The number of ether oxygens (including phenoxy) is 2. The van der Waals surface area contributed by atoms with Crippen molar-refractivity contribution in [2.24, 2.45) is 0 Å². The molecular weight excluding hydrogens is 456 g/mol. The summed E-state index contributed by atoms with van der Waals surface area (Å²) >= 11 is 0. The van der Waals surface area contributed by atoms with E-state index in [4.69, 9.17) is 9.47 Å². The van der Waals surface area contributed by atoms with Gasteiger partial charge < -0.3 is 29.9 Å². The molecule has 6 heteroatoms. The lowest BCUT2D eigenvalue weighted by Gasteiger charge is -2.14. The van der Waals surface area contributed by atoms with Crippen LogP contribution in [0.5, 0.6) is 34.5 Å². The number of methoxy groups -OCH3 is 2. The number of aromatic hydroxyl groups is 4. The highest BCUT2D eigenvalue weighted by Gasteiger charge is 2.17. The molecular formula is C30H30O6. The number of rotatable bonds is 9. The first-order valence-electron chi connectivity index (χ1n) is 11.7. The Morgan fingerprint density at radius 3 is 1.17 bits per heavy atom. The Hall–Kier alpha value is -4.32. The highest BCUT2D eigenvalue weighted by atomic mass is 16.5. The van der Waals surface area contributed by atoms with Gasteiger partial charge in [-0.25, -0.2) is 0 Å². The summed E-state index contributed by atoms with van der Waals surface area (Å²) in [5.41, 5.74) is 4.23. The largest absolute Gasteiger partial charge is 0.508 e. The number of phenolic OH excluding ortho intramolecular Hbond substituents is 4. The maximum atomic E-state index is 10.6. The molecule has 0 atom stereocenters. The van der Waals surface area contributed by atoms with Gasteiger partial charge in [0, 0.05) is 23.3 Å². The molecule has 0 saturated heterocycles. The first kappa shape index (κ1) is 24.8. The van der Waals surface area contributed by atoms with Crippen LogP contribution < -0.4 is 9.47 Å². The zero-order valence-corrected chi connectivity index (χ0v) is 20.4. The maximum Gasteiger partial charge on any atom is 0.127 e. The topological polar surface area (TPSA) is 99.4 Å². The van der Waals surface area contributed by atoms with Crippen molar-refractivity contribution in [1.82, 2.24) is 0 Å². The summed E-state index contributed by atoms with van der Waals surface area (Å²) in [4.78, 5) is 0. The van der Waals surface area contributed by atoms with E-state index in [9.17, 15) is 20.4 Å². The van der Waals surface area contributed by atoms with E-state index in [1.54, 1.807) is 26.4 Å². The molecule has 4 rings (SSSR count). The van der Waals surface area contributed by atoms with Crippen LogP contribution in [0, 0.1) is 0 Å². The number of aryl methyl sites for hydroxylation is 4. The number of benzene rings is 4. The fourth-order valence-electron chi connectivity index (χ4n) is 4.22. The van der Waals surface area contributed by atoms with Crippen molar-refractivity contribution in [3.05, 3.63) is 95.1 Å². The Kier molecular flexibility index (Phi) is 7.54. The fraction of sp³-hybridized carbons (Fsp3) is 0.200. The third-order valence-corrected chi connectivity index (χ3v) is 6.37. The molecule has 186 valence electrons. The van der Waals surface area contributed by atoms with E-state index in [0.29, 0.717) is 47.9 Å². The van der Waals surface area contributed by atoms with Crippen LogP contribution in [0.4, 0.5) is 0 Å². The van der Waals surface area contributed by atoms with Crippen LogP contribution in [0.25, 0.3) is 11.1 Å². The van der Waals surface area contributed by atoms with Crippen LogP contribution in [0.15, 0.2) is 72.8 Å². The Labute approximate surface area is 210 Å². The van der Waals surface area contributed by atoms with E-state index in [1.165, 1.54) is 12.1 Å². The standard InChI is InChI=1S/C30H30O6/c1-35-23-11-5-19(6-12-23)3-9-21-15-25(29(33)17-27(21)31)26-16-22(28(32)18-30(26)34)10-4-20-7-13-24(36-2)14-8-20/h5-8,11-18,31-34H,3-4,9-10H2,1-2H3. The van der Waals surface area contributed by atoms with Gasteiger partial charge in [0.1, 0.15) is 34.5 Å². The normalized spacial score (nSPS) is 10.8. The van der Waals surface area contributed by atoms with E-state index in [2.05, 4.69) is 0 Å². The lowest BCUT2D eigenvalue weighted by Crippen LogP contribution is -1.96. The number of phenols is 4. The molecule has 0 aliphatic carbocycles. The Bertz CT molecular complexity index is 1220. The predicted octanol–water partition coefficient (Wildman–Crippen LogP) is 5.76. The molecule has 0 bridgehead atoms. The third kappa shape index (κ3) is 5.66. The molecule has 6 nitrogen and oxygen atoms in total. The number of hydrogen-bond acceptors (Lipinski definition) is 6. The van der Waals surface area contributed by atoms with Crippen molar-refractivity contribution in [3.63, 3.8) is 0 Å². The van der Waals surface area contributed by atoms with Gasteiger partial charge in [-0.05, 0) is 84.3 Å². The molecule has 0 saturated carbocycles. The molecule has 0 aliphatic rings. The highest BCUT2D eigenvalue weighted by molar-refractivity contribution is 5.78. The van der Waals surface area contributed by atoms with Crippen molar-refractivity contribution in [2.75, 3.05) is 14.2 Å². The summed E-state index contributed by atoms with van der Waals surface area (Å²) in [7, 11) is 3.24. The van der Waals surface area contributed by atoms with E-state index in [1.807, 2.05) is 48.5 Å². The molecule has 0 heterocycles. The summed E-state index contributed by atoms with van der Waals surface area (Å²) in [6.07, 6.45) is 2.43. The van der Waals surface area contributed by atoms with Crippen molar-refractivity contribution in [3.8, 4) is 45.6 Å². The molecule has 4 N–H and O–H groups in total. The summed E-state index contributed by atoms with van der Waals surface area (Å²) in [5.74, 6) is 1.23. The Balaban J connectivity index is 1.57. The van der Waals surface area contributed by atoms with Crippen molar-refractivity contribution >= 4 is 0 Å². The predicted molar refractivity (Wildman–Crippen MR) is 139 cm³/mol. The van der Waals surface area contributed by atoms with Crippen molar-refractivity contribution < 1.29 is 29.9 Å². The lowest BCUT2D eigenvalue weighted by atomic mass is 9.94. The third-order valence-electron chi connectivity index (χ3n) is 6.37. The van der Waals surface area contributed by atoms with E-state index >= 15 is 0 Å². The van der Waals surface area contributed by atoms with Crippen LogP contribution >= 0.6 is 0 Å². The van der Waals surface area contributed by atoms with Gasteiger partial charge in [0.25, 0.3) is 0 Å². The van der Waals surface area contributed by atoms with Gasteiger partial charge >= 0.3 is 0 Å². The zero-order chi connectivity index (χ0) is 25.7. The van der Waals surface area contributed by atoms with Gasteiger partial charge in [0.2, 0.25) is 0 Å². The van der Waals surface area contributed by atoms with Crippen molar-refractivity contribution in [2.45, 2.75) is 25.7 Å². The smallest absolute Gasteiger partial charge is 0.127 e. The van der Waals surface area contributed by atoms with Crippen LogP contribution in [0.1, 0.15) is 22.3 Å². The average Bonchev–Trinajstić information content (AvgIpc) is 2.88. The summed E-state index contributed by atoms with van der Waals surface area (Å²) < 4.78 is 10.4. The van der Waals surface area contributed by atoms with Gasteiger partial charge in [-0.15, -0.1) is 0 Å². The highest BCUT2D eigenvalue weighted by Crippen LogP contribution is 2.42. The molecule has 0 aliphatic heterocycles. The molecule has 0 radical (unpaired) electrons. The zero-order valence-electron chi connectivity index (χ0n) is 20.4. The minimum Gasteiger partial charge on any atom is -0.508 e. The quantitative estimate of drug-likeness (QED) is 0.240. The monoisotopic (exact) mass is 486 g/mol. The van der Waals surface area contributed by atoms with Gasteiger partial charge in [-0.2, -0.15) is 0 Å². The molecule has 4 aromatic carbocycles. The first-order chi connectivity index (χ1) is 17.4. The minimum absolute atomic E-state index is 0.0113. The maximum absolute atomic E-state index is 10.6. The van der Waals surface area contributed by atoms with Crippen LogP contribution in [-0.4, -0.2) is 34.6 Å². The summed E-state index contributed by atoms with van der Waals surface area (Å²) in [5, 5.41) is 42.1. The molecule has 0 unspecified atom stereocenters. The molecule has 0 spiro atoms. The summed E-state index contributed by atoms with van der Waals surface area (Å²) in [6.45, 7) is 0.